The summed E-state index contributed by atoms with van der Waals surface area (Å²) in [5, 5.41) is 0. The number of rotatable bonds is 4. The lowest BCUT2D eigenvalue weighted by Gasteiger charge is -2.75. The normalized spacial score (nSPS) is 38.5. The fraction of sp³-hybridized carbons (Fsp3) is 0.722. The summed E-state index contributed by atoms with van der Waals surface area (Å²) in [7, 11) is 0. The lowest BCUT2D eigenvalue weighted by atomic mass is 9.29. The highest BCUT2D eigenvalue weighted by atomic mass is 16.5. The highest BCUT2D eigenvalue weighted by Crippen LogP contribution is 2.79. The van der Waals surface area contributed by atoms with Gasteiger partial charge in [0.25, 0.3) is 0 Å². The Morgan fingerprint density at radius 3 is 2.60 bits per heavy atom. The van der Waals surface area contributed by atoms with Crippen LogP contribution in [0.3, 0.4) is 0 Å². The standard InChI is InChI=1S/C18H26O2/c1-5-20-16(19)14-7-6-13(4)15(8-14)18-9-17(10-18,11-18)12(2)3/h6,8,12,15H,5,7,9-11H2,1-4H3. The molecule has 0 aliphatic heterocycles. The molecule has 0 amide bonds. The molecule has 0 aromatic heterocycles. The Morgan fingerprint density at radius 1 is 1.40 bits per heavy atom. The molecule has 2 nitrogen and oxygen atoms in total. The third kappa shape index (κ3) is 1.80. The highest BCUT2D eigenvalue weighted by Gasteiger charge is 2.70. The molecule has 0 radical (unpaired) electrons. The Labute approximate surface area is 122 Å². The van der Waals surface area contributed by atoms with Gasteiger partial charge in [0.05, 0.1) is 6.61 Å². The van der Waals surface area contributed by atoms with E-state index in [0.29, 0.717) is 23.4 Å². The van der Waals surface area contributed by atoms with Crippen LogP contribution in [-0.2, 0) is 9.53 Å². The molecule has 4 aliphatic rings. The Hall–Kier alpha value is -1.05. The van der Waals surface area contributed by atoms with Crippen LogP contribution in [0.15, 0.2) is 23.3 Å². The largest absolute Gasteiger partial charge is 0.463 e. The third-order valence-corrected chi connectivity index (χ3v) is 6.04. The van der Waals surface area contributed by atoms with Crippen molar-refractivity contribution in [3.05, 3.63) is 23.3 Å². The van der Waals surface area contributed by atoms with Gasteiger partial charge in [-0.2, -0.15) is 0 Å². The van der Waals surface area contributed by atoms with Crippen LogP contribution in [0.5, 0.6) is 0 Å². The zero-order chi connectivity index (χ0) is 14.5. The average molecular weight is 274 g/mol. The van der Waals surface area contributed by atoms with Crippen LogP contribution in [0.2, 0.25) is 0 Å². The van der Waals surface area contributed by atoms with E-state index < -0.39 is 0 Å². The Balaban J connectivity index is 1.75. The zero-order valence-electron chi connectivity index (χ0n) is 13.2. The van der Waals surface area contributed by atoms with Gasteiger partial charge < -0.3 is 4.74 Å². The summed E-state index contributed by atoms with van der Waals surface area (Å²) in [4.78, 5) is 11.9. The van der Waals surface area contributed by atoms with Crippen LogP contribution in [0, 0.1) is 22.7 Å². The SMILES string of the molecule is CCOC(=O)C1=CC(C23CC(C(C)C)(C2)C3)C(C)=CC1. The predicted octanol–water partition coefficient (Wildman–Crippen LogP) is 4.27. The number of ether oxygens (including phenoxy) is 1. The minimum Gasteiger partial charge on any atom is -0.463 e. The molecule has 2 heteroatoms. The monoisotopic (exact) mass is 274 g/mol. The summed E-state index contributed by atoms with van der Waals surface area (Å²) >= 11 is 0. The van der Waals surface area contributed by atoms with E-state index in [4.69, 9.17) is 4.74 Å². The van der Waals surface area contributed by atoms with Crippen molar-refractivity contribution in [1.29, 1.82) is 0 Å². The van der Waals surface area contributed by atoms with Gasteiger partial charge in [-0.25, -0.2) is 4.79 Å². The maximum atomic E-state index is 11.9. The van der Waals surface area contributed by atoms with E-state index in [-0.39, 0.29) is 5.97 Å². The third-order valence-electron chi connectivity index (χ3n) is 6.04. The van der Waals surface area contributed by atoms with Gasteiger partial charge in [0, 0.05) is 11.5 Å². The first-order valence-electron chi connectivity index (χ1n) is 7.97. The van der Waals surface area contributed by atoms with Crippen molar-refractivity contribution in [1.82, 2.24) is 0 Å². The van der Waals surface area contributed by atoms with Gasteiger partial charge in [0.15, 0.2) is 0 Å². The van der Waals surface area contributed by atoms with E-state index in [0.717, 1.165) is 17.9 Å². The molecule has 0 heterocycles. The number of esters is 1. The van der Waals surface area contributed by atoms with E-state index in [1.54, 1.807) is 0 Å². The topological polar surface area (TPSA) is 26.3 Å². The van der Waals surface area contributed by atoms with Crippen molar-refractivity contribution in [3.63, 3.8) is 0 Å². The zero-order valence-corrected chi connectivity index (χ0v) is 13.2. The van der Waals surface area contributed by atoms with E-state index in [1.165, 1.54) is 24.8 Å². The number of hydrogen-bond donors (Lipinski definition) is 0. The second-order valence-electron chi connectivity index (χ2n) is 7.45. The molecule has 0 N–H and O–H groups in total. The summed E-state index contributed by atoms with van der Waals surface area (Å²) in [6.45, 7) is 9.27. The molecule has 0 aromatic carbocycles. The fourth-order valence-corrected chi connectivity index (χ4v) is 4.72. The van der Waals surface area contributed by atoms with Crippen molar-refractivity contribution < 1.29 is 9.53 Å². The molecule has 1 atom stereocenters. The van der Waals surface area contributed by atoms with Gasteiger partial charge in [-0.05, 0) is 56.3 Å². The molecule has 4 rings (SSSR count). The molecule has 3 fully saturated rings. The maximum absolute atomic E-state index is 11.9. The Bertz CT molecular complexity index is 476. The number of carbonyl (C=O) groups excluding carboxylic acids is 1. The molecule has 3 saturated carbocycles. The smallest absolute Gasteiger partial charge is 0.334 e. The summed E-state index contributed by atoms with van der Waals surface area (Å²) < 4.78 is 5.16. The molecule has 2 bridgehead atoms. The predicted molar refractivity (Wildman–Crippen MR) is 80.1 cm³/mol. The summed E-state index contributed by atoms with van der Waals surface area (Å²) in [5.41, 5.74) is 3.40. The number of carbonyl (C=O) groups is 1. The highest BCUT2D eigenvalue weighted by molar-refractivity contribution is 5.89. The van der Waals surface area contributed by atoms with Crippen molar-refractivity contribution in [2.75, 3.05) is 6.61 Å². The first-order valence-corrected chi connectivity index (χ1v) is 7.97. The maximum Gasteiger partial charge on any atom is 0.334 e. The molecule has 20 heavy (non-hydrogen) atoms. The van der Waals surface area contributed by atoms with Crippen LogP contribution in [0.25, 0.3) is 0 Å². The van der Waals surface area contributed by atoms with Gasteiger partial charge in [0.2, 0.25) is 0 Å². The lowest BCUT2D eigenvalue weighted by Crippen LogP contribution is -2.66. The van der Waals surface area contributed by atoms with E-state index >= 15 is 0 Å². The van der Waals surface area contributed by atoms with E-state index in [2.05, 4.69) is 32.9 Å². The summed E-state index contributed by atoms with van der Waals surface area (Å²) in [6, 6.07) is 0. The second-order valence-corrected chi connectivity index (χ2v) is 7.45. The number of hydrogen-bond acceptors (Lipinski definition) is 2. The quantitative estimate of drug-likeness (QED) is 0.565. The fourth-order valence-electron chi connectivity index (χ4n) is 4.72. The van der Waals surface area contributed by atoms with Crippen LogP contribution in [0.1, 0.15) is 53.4 Å². The van der Waals surface area contributed by atoms with Gasteiger partial charge in [-0.15, -0.1) is 0 Å². The second kappa shape index (κ2) is 4.47. The molecule has 0 saturated heterocycles. The first-order chi connectivity index (χ1) is 9.42. The Morgan fingerprint density at radius 2 is 2.05 bits per heavy atom. The molecule has 0 spiro atoms. The van der Waals surface area contributed by atoms with Crippen LogP contribution in [0.4, 0.5) is 0 Å². The van der Waals surface area contributed by atoms with Crippen molar-refractivity contribution >= 4 is 5.97 Å². The summed E-state index contributed by atoms with van der Waals surface area (Å²) in [5.74, 6) is 1.15. The molecule has 4 aliphatic carbocycles. The minimum absolute atomic E-state index is 0.119. The number of allylic oxidation sites excluding steroid dienone is 3. The van der Waals surface area contributed by atoms with Gasteiger partial charge >= 0.3 is 5.97 Å². The average Bonchev–Trinajstić information content (AvgIpc) is 2.27. The van der Waals surface area contributed by atoms with Crippen molar-refractivity contribution in [2.45, 2.75) is 53.4 Å². The van der Waals surface area contributed by atoms with E-state index in [1.807, 2.05) is 6.92 Å². The van der Waals surface area contributed by atoms with Crippen molar-refractivity contribution in [2.24, 2.45) is 22.7 Å². The van der Waals surface area contributed by atoms with Gasteiger partial charge in [-0.3, -0.25) is 0 Å². The first kappa shape index (κ1) is 13.9. The molecule has 0 aromatic rings. The lowest BCUT2D eigenvalue weighted by molar-refractivity contribution is -0.244. The molecular formula is C18H26O2. The van der Waals surface area contributed by atoms with Crippen LogP contribution in [-0.4, -0.2) is 12.6 Å². The van der Waals surface area contributed by atoms with E-state index in [9.17, 15) is 4.79 Å². The van der Waals surface area contributed by atoms with Gasteiger partial charge in [-0.1, -0.05) is 31.6 Å². The Kier molecular flexibility index (Phi) is 3.11. The summed E-state index contributed by atoms with van der Waals surface area (Å²) in [6.07, 6.45) is 9.24. The molecule has 110 valence electrons. The molecule has 1 unspecified atom stereocenters. The minimum atomic E-state index is -0.119. The van der Waals surface area contributed by atoms with Crippen molar-refractivity contribution in [3.8, 4) is 0 Å². The van der Waals surface area contributed by atoms with Crippen LogP contribution < -0.4 is 0 Å². The van der Waals surface area contributed by atoms with Crippen LogP contribution >= 0.6 is 0 Å². The van der Waals surface area contributed by atoms with Gasteiger partial charge in [0.1, 0.15) is 0 Å². The molecular weight excluding hydrogens is 248 g/mol.